The number of hydrogen-bond acceptors (Lipinski definition) is 17. The lowest BCUT2D eigenvalue weighted by atomic mass is 10.1. The minimum absolute atomic E-state index is 0.00377. The van der Waals surface area contributed by atoms with Gasteiger partial charge in [-0.05, 0) is 60.0 Å². The van der Waals surface area contributed by atoms with Crippen molar-refractivity contribution in [2.24, 2.45) is 30.7 Å². The van der Waals surface area contributed by atoms with Crippen molar-refractivity contribution in [2.45, 2.75) is 14.7 Å². The summed E-state index contributed by atoms with van der Waals surface area (Å²) in [6, 6.07) is 17.3. The monoisotopic (exact) mass is 822 g/mol. The number of non-ortho nitro benzene ring substituents is 1. The number of nitrogens with zero attached hydrogens (tertiary/aromatic N) is 7. The molecule has 0 spiro atoms. The maximum Gasteiger partial charge on any atom is 0.297 e. The smallest absolute Gasteiger partial charge is 0.297 e. The maximum atomic E-state index is 12.0. The van der Waals surface area contributed by atoms with E-state index in [1.807, 2.05) is 0 Å². The number of benzene rings is 6. The third kappa shape index (κ3) is 7.99. The first-order valence-electron chi connectivity index (χ1n) is 15.1. The lowest BCUT2D eigenvalue weighted by Gasteiger charge is -2.10. The zero-order valence-electron chi connectivity index (χ0n) is 27.6. The number of nitrogen functional groups attached to an aromatic ring is 1. The fourth-order valence-corrected chi connectivity index (χ4v) is 6.92. The lowest BCUT2D eigenvalue weighted by molar-refractivity contribution is -0.385. The molecule has 0 aliphatic heterocycles. The van der Waals surface area contributed by atoms with Crippen LogP contribution in [0.15, 0.2) is 136 Å². The number of anilines is 1. The summed E-state index contributed by atoms with van der Waals surface area (Å²) in [4.78, 5) is 8.13. The Hall–Kier alpha value is -6.83. The van der Waals surface area contributed by atoms with Crippen LogP contribution in [-0.4, -0.2) is 54.0 Å². The van der Waals surface area contributed by atoms with Gasteiger partial charge in [0.25, 0.3) is 36.0 Å². The molecule has 7 N–H and O–H groups in total. The van der Waals surface area contributed by atoms with Crippen molar-refractivity contribution in [1.29, 1.82) is 0 Å². The highest BCUT2D eigenvalue weighted by Crippen LogP contribution is 2.45. The van der Waals surface area contributed by atoms with Crippen LogP contribution < -0.4 is 5.73 Å². The lowest BCUT2D eigenvalue weighted by Crippen LogP contribution is -2.00. The predicted molar refractivity (Wildman–Crippen MR) is 197 cm³/mol. The fraction of sp³-hybridized carbons (Fsp3) is 0. The number of nitro benzene ring substituents is 1. The molecule has 0 amide bonds. The minimum atomic E-state index is -4.98. The standard InChI is InChI=1S/C32H22N8O13S3/c33-31-25(7-4-16-5-8-26(32(42)29(16)31)39-36-23-9-6-18(40(43)44)13-28(23)56(51,52)53)38-37-24-11-10-22(21-14-20(55(48,49)50)15-27(41)30(21)24)35-34-17-2-1-3-19(12-17)54(45,46)47/h1-15,41-42H,33H2,(H,45,46,47)(H,48,49,50)(H,51,52,53). The van der Waals surface area contributed by atoms with Crippen molar-refractivity contribution >= 4 is 97.4 Å². The third-order valence-electron chi connectivity index (χ3n) is 7.83. The summed E-state index contributed by atoms with van der Waals surface area (Å²) in [6.45, 7) is 0. The molecule has 0 atom stereocenters. The highest BCUT2D eigenvalue weighted by molar-refractivity contribution is 7.86. The highest BCUT2D eigenvalue weighted by Gasteiger charge is 2.22. The average molecular weight is 823 g/mol. The highest BCUT2D eigenvalue weighted by atomic mass is 32.2. The number of nitrogens with two attached hydrogens (primary N) is 1. The summed E-state index contributed by atoms with van der Waals surface area (Å²) < 4.78 is 99.5. The van der Waals surface area contributed by atoms with Gasteiger partial charge in [-0.1, -0.05) is 18.2 Å². The summed E-state index contributed by atoms with van der Waals surface area (Å²) in [5, 5.41) is 57.2. The van der Waals surface area contributed by atoms with Crippen LogP contribution >= 0.6 is 0 Å². The predicted octanol–water partition coefficient (Wildman–Crippen LogP) is 7.88. The molecule has 0 aromatic heterocycles. The first-order chi connectivity index (χ1) is 26.2. The zero-order valence-corrected chi connectivity index (χ0v) is 30.0. The van der Waals surface area contributed by atoms with Crippen LogP contribution in [-0.2, 0) is 30.4 Å². The van der Waals surface area contributed by atoms with Gasteiger partial charge in [-0.25, -0.2) is 0 Å². The van der Waals surface area contributed by atoms with Crippen LogP contribution in [0.3, 0.4) is 0 Å². The SMILES string of the molecule is Nc1c(N=Nc2ccc(N=Nc3cccc(S(=O)(=O)O)c3)c3cc(S(=O)(=O)O)cc(O)c23)ccc2ccc(N=Nc3ccc([N+](=O)[O-])cc3S(=O)(=O)O)c(O)c12. The second-order valence-corrected chi connectivity index (χ2v) is 15.7. The Morgan fingerprint density at radius 3 is 1.80 bits per heavy atom. The van der Waals surface area contributed by atoms with Gasteiger partial charge in [0.15, 0.2) is 5.75 Å². The Morgan fingerprint density at radius 2 is 1.14 bits per heavy atom. The molecule has 0 fully saturated rings. The first-order valence-corrected chi connectivity index (χ1v) is 19.4. The molecule has 286 valence electrons. The molecule has 0 heterocycles. The number of nitro groups is 1. The largest absolute Gasteiger partial charge is 0.507 e. The van der Waals surface area contributed by atoms with Gasteiger partial charge in [-0.15, -0.1) is 25.6 Å². The van der Waals surface area contributed by atoms with Crippen LogP contribution in [0.5, 0.6) is 11.5 Å². The van der Waals surface area contributed by atoms with Crippen LogP contribution in [0.2, 0.25) is 0 Å². The second-order valence-electron chi connectivity index (χ2n) is 11.4. The Labute approximate surface area is 314 Å². The Kier molecular flexibility index (Phi) is 10.0. The van der Waals surface area contributed by atoms with Crippen molar-refractivity contribution in [3.63, 3.8) is 0 Å². The van der Waals surface area contributed by atoms with E-state index in [0.29, 0.717) is 11.5 Å². The van der Waals surface area contributed by atoms with Gasteiger partial charge >= 0.3 is 0 Å². The van der Waals surface area contributed by atoms with E-state index in [2.05, 4.69) is 30.7 Å². The van der Waals surface area contributed by atoms with Crippen LogP contribution in [0.25, 0.3) is 21.5 Å². The van der Waals surface area contributed by atoms with E-state index >= 15 is 0 Å². The average Bonchev–Trinajstić information content (AvgIpc) is 3.12. The second kappa shape index (κ2) is 14.4. The zero-order chi connectivity index (χ0) is 40.7. The molecule has 0 radical (unpaired) electrons. The summed E-state index contributed by atoms with van der Waals surface area (Å²) in [5.74, 6) is -1.23. The maximum absolute atomic E-state index is 12.0. The number of hydrogen-bond donors (Lipinski definition) is 6. The van der Waals surface area contributed by atoms with Gasteiger partial charge in [0, 0.05) is 23.6 Å². The van der Waals surface area contributed by atoms with E-state index in [4.69, 9.17) is 5.73 Å². The number of fused-ring (bicyclic) bond motifs is 2. The van der Waals surface area contributed by atoms with Gasteiger partial charge in [-0.3, -0.25) is 23.8 Å². The molecule has 0 unspecified atom stereocenters. The minimum Gasteiger partial charge on any atom is -0.507 e. The summed E-state index contributed by atoms with van der Waals surface area (Å²) in [7, 11) is -14.4. The molecule has 0 saturated carbocycles. The quantitative estimate of drug-likeness (QED) is 0.0252. The van der Waals surface area contributed by atoms with E-state index in [9.17, 15) is 59.2 Å². The number of azo groups is 3. The number of phenolic OH excluding ortho intramolecular Hbond substituents is 2. The van der Waals surface area contributed by atoms with Gasteiger partial charge < -0.3 is 15.9 Å². The summed E-state index contributed by atoms with van der Waals surface area (Å²) in [5.41, 5.74) is 4.65. The molecule has 6 rings (SSSR count). The normalized spacial score (nSPS) is 12.8. The van der Waals surface area contributed by atoms with Gasteiger partial charge in [0.2, 0.25) is 0 Å². The van der Waals surface area contributed by atoms with Crippen molar-refractivity contribution in [3.05, 3.63) is 101 Å². The van der Waals surface area contributed by atoms with Crippen molar-refractivity contribution in [2.75, 3.05) is 5.73 Å². The molecular formula is C32H22N8O13S3. The number of rotatable bonds is 10. The summed E-state index contributed by atoms with van der Waals surface area (Å²) >= 11 is 0. The fourth-order valence-electron chi connectivity index (χ4n) is 5.23. The van der Waals surface area contributed by atoms with Gasteiger partial charge in [-0.2, -0.15) is 30.4 Å². The van der Waals surface area contributed by atoms with Crippen LogP contribution in [0, 0.1) is 10.1 Å². The summed E-state index contributed by atoms with van der Waals surface area (Å²) in [6.07, 6.45) is 0. The topological polar surface area (TPSA) is 347 Å². The third-order valence-corrected chi connectivity index (χ3v) is 10.4. The van der Waals surface area contributed by atoms with Crippen LogP contribution in [0.4, 0.5) is 45.5 Å². The van der Waals surface area contributed by atoms with Gasteiger partial charge in [0.1, 0.15) is 27.7 Å². The van der Waals surface area contributed by atoms with Gasteiger partial charge in [0.05, 0.1) is 48.2 Å². The Bertz CT molecular complexity index is 3080. The molecule has 0 aliphatic rings. The van der Waals surface area contributed by atoms with E-state index in [1.165, 1.54) is 48.5 Å². The van der Waals surface area contributed by atoms with Crippen LogP contribution in [0.1, 0.15) is 0 Å². The van der Waals surface area contributed by atoms with Crippen molar-refractivity contribution < 1.29 is 54.0 Å². The van der Waals surface area contributed by atoms with E-state index < -0.39 is 72.8 Å². The molecule has 21 nitrogen and oxygen atoms in total. The van der Waals surface area contributed by atoms with E-state index in [0.717, 1.165) is 36.4 Å². The molecule has 0 bridgehead atoms. The van der Waals surface area contributed by atoms with Crippen molar-refractivity contribution in [3.8, 4) is 11.5 Å². The molecule has 0 aliphatic carbocycles. The molecule has 56 heavy (non-hydrogen) atoms. The molecule has 6 aromatic rings. The Morgan fingerprint density at radius 1 is 0.571 bits per heavy atom. The van der Waals surface area contributed by atoms with Crippen molar-refractivity contribution in [1.82, 2.24) is 0 Å². The molecule has 6 aromatic carbocycles. The number of aromatic hydroxyl groups is 2. The van der Waals surface area contributed by atoms with E-state index in [1.54, 1.807) is 0 Å². The molecular weight excluding hydrogens is 801 g/mol. The Balaban J connectivity index is 1.41. The number of phenols is 2. The first kappa shape index (κ1) is 38.9. The van der Waals surface area contributed by atoms with E-state index in [-0.39, 0.29) is 50.3 Å². The molecule has 0 saturated heterocycles. The molecule has 24 heteroatoms.